The maximum Gasteiger partial charge on any atom is 0.240 e. The molecule has 0 aromatic heterocycles. The number of hydrogen-bond donors (Lipinski definition) is 2. The fourth-order valence-corrected chi connectivity index (χ4v) is 0. The molecule has 0 spiro atoms. The molecule has 0 saturated carbocycles. The van der Waals surface area contributed by atoms with Gasteiger partial charge in [0.1, 0.15) is 0 Å². The molecule has 0 aromatic rings. The number of primary amides is 1. The van der Waals surface area contributed by atoms with Gasteiger partial charge in [0.15, 0.2) is 0 Å². The Morgan fingerprint density at radius 2 is 2.11 bits per heavy atom. The lowest BCUT2D eigenvalue weighted by molar-refractivity contribution is -0.113. The number of rotatable bonds is 2. The van der Waals surface area contributed by atoms with Crippen LogP contribution in [0.25, 0.3) is 0 Å². The van der Waals surface area contributed by atoms with Crippen molar-refractivity contribution in [2.24, 2.45) is 5.73 Å². The van der Waals surface area contributed by atoms with Crippen LogP contribution in [0, 0.1) is 0 Å². The number of aliphatic hydroxyl groups excluding tert-OH is 1. The van der Waals surface area contributed by atoms with E-state index < -0.39 is 5.91 Å². The molecule has 0 aliphatic heterocycles. The topological polar surface area (TPSA) is 63.3 Å². The van der Waals surface area contributed by atoms with Gasteiger partial charge < -0.3 is 10.8 Å². The van der Waals surface area contributed by atoms with Crippen LogP contribution in [0.1, 0.15) is 13.3 Å². The van der Waals surface area contributed by atoms with Crippen molar-refractivity contribution in [1.82, 2.24) is 0 Å². The molecular formula is C6H13NO2. The Hall–Kier alpha value is -0.830. The zero-order valence-electron chi connectivity index (χ0n) is 5.63. The smallest absolute Gasteiger partial charge is 0.240 e. The first-order valence-electron chi connectivity index (χ1n) is 2.71. The molecule has 9 heavy (non-hydrogen) atoms. The third-order valence-electron chi connectivity index (χ3n) is 0.425. The average molecular weight is 131 g/mol. The normalized spacial score (nSPS) is 6.89. The molecule has 0 unspecified atom stereocenters. The molecule has 0 fully saturated rings. The van der Waals surface area contributed by atoms with Crippen LogP contribution in [0.4, 0.5) is 0 Å². The van der Waals surface area contributed by atoms with Crippen LogP contribution >= 0.6 is 0 Å². The second kappa shape index (κ2) is 10.2. The summed E-state index contributed by atoms with van der Waals surface area (Å²) >= 11 is 0. The quantitative estimate of drug-likeness (QED) is 0.520. The zero-order valence-corrected chi connectivity index (χ0v) is 5.63. The van der Waals surface area contributed by atoms with E-state index in [1.807, 2.05) is 6.92 Å². The summed E-state index contributed by atoms with van der Waals surface area (Å²) in [4.78, 5) is 9.47. The first-order chi connectivity index (χ1) is 4.18. The lowest BCUT2D eigenvalue weighted by atomic mass is 10.5. The molecule has 0 heterocycles. The van der Waals surface area contributed by atoms with Gasteiger partial charge >= 0.3 is 0 Å². The van der Waals surface area contributed by atoms with E-state index in [2.05, 4.69) is 12.3 Å². The van der Waals surface area contributed by atoms with Crippen molar-refractivity contribution in [2.45, 2.75) is 13.3 Å². The van der Waals surface area contributed by atoms with E-state index in [0.717, 1.165) is 12.5 Å². The van der Waals surface area contributed by atoms with Gasteiger partial charge in [-0.3, -0.25) is 4.79 Å². The first-order valence-corrected chi connectivity index (χ1v) is 2.71. The van der Waals surface area contributed by atoms with Crippen LogP contribution in [0.3, 0.4) is 0 Å². The van der Waals surface area contributed by atoms with Crippen molar-refractivity contribution in [2.75, 3.05) is 6.61 Å². The third kappa shape index (κ3) is 40.7. The van der Waals surface area contributed by atoms with Gasteiger partial charge in [0.2, 0.25) is 5.91 Å². The van der Waals surface area contributed by atoms with Crippen molar-refractivity contribution in [3.63, 3.8) is 0 Å². The van der Waals surface area contributed by atoms with Crippen molar-refractivity contribution in [1.29, 1.82) is 0 Å². The number of nitrogens with two attached hydrogens (primary N) is 1. The predicted molar refractivity (Wildman–Crippen MR) is 36.8 cm³/mol. The van der Waals surface area contributed by atoms with E-state index in [0.29, 0.717) is 6.61 Å². The summed E-state index contributed by atoms with van der Waals surface area (Å²) in [7, 11) is 0. The summed E-state index contributed by atoms with van der Waals surface area (Å²) < 4.78 is 0. The van der Waals surface area contributed by atoms with E-state index in [-0.39, 0.29) is 0 Å². The number of hydrogen-bond acceptors (Lipinski definition) is 2. The van der Waals surface area contributed by atoms with Gasteiger partial charge in [-0.05, 0) is 12.5 Å². The molecule has 3 heteroatoms. The fraction of sp³-hybridized carbons (Fsp3) is 0.500. The van der Waals surface area contributed by atoms with E-state index in [9.17, 15) is 4.79 Å². The highest BCUT2D eigenvalue weighted by Crippen LogP contribution is 1.61. The molecule has 3 N–H and O–H groups in total. The fourth-order valence-electron chi connectivity index (χ4n) is 0. The average Bonchev–Trinajstić information content (AvgIpc) is 1.89. The molecule has 0 atom stereocenters. The molecule has 0 saturated heterocycles. The SMILES string of the molecule is C=CC(N)=O.CCCO. The van der Waals surface area contributed by atoms with E-state index in [1.165, 1.54) is 0 Å². The van der Waals surface area contributed by atoms with Gasteiger partial charge in [-0.15, -0.1) is 0 Å². The maximum atomic E-state index is 9.47. The second-order valence-electron chi connectivity index (χ2n) is 1.33. The van der Waals surface area contributed by atoms with Crippen molar-refractivity contribution in [3.8, 4) is 0 Å². The molecule has 54 valence electrons. The Bertz CT molecular complexity index is 79.1. The summed E-state index contributed by atoms with van der Waals surface area (Å²) in [5, 5.41) is 7.88. The van der Waals surface area contributed by atoms with Crippen LogP contribution < -0.4 is 5.73 Å². The van der Waals surface area contributed by atoms with Gasteiger partial charge in [0.05, 0.1) is 0 Å². The van der Waals surface area contributed by atoms with Crippen LogP contribution in [-0.2, 0) is 4.79 Å². The van der Waals surface area contributed by atoms with Crippen molar-refractivity contribution in [3.05, 3.63) is 12.7 Å². The molecule has 0 rings (SSSR count). The first kappa shape index (κ1) is 11.0. The highest BCUT2D eigenvalue weighted by molar-refractivity contribution is 5.84. The Labute approximate surface area is 55.2 Å². The minimum atomic E-state index is -0.481. The summed E-state index contributed by atoms with van der Waals surface area (Å²) in [6.45, 7) is 5.34. The van der Waals surface area contributed by atoms with Gasteiger partial charge in [-0.2, -0.15) is 0 Å². The third-order valence-corrected chi connectivity index (χ3v) is 0.425. The highest BCUT2D eigenvalue weighted by Gasteiger charge is 1.69. The second-order valence-corrected chi connectivity index (χ2v) is 1.33. The molecule has 0 aliphatic rings. The lowest BCUT2D eigenvalue weighted by Crippen LogP contribution is -2.04. The van der Waals surface area contributed by atoms with Crippen molar-refractivity contribution < 1.29 is 9.90 Å². The highest BCUT2D eigenvalue weighted by atomic mass is 16.2. The Morgan fingerprint density at radius 3 is 2.11 bits per heavy atom. The molecule has 0 radical (unpaired) electrons. The molecule has 0 aromatic carbocycles. The van der Waals surface area contributed by atoms with E-state index in [1.54, 1.807) is 0 Å². The number of carbonyl (C=O) groups is 1. The lowest BCUT2D eigenvalue weighted by Gasteiger charge is -1.69. The molecule has 3 nitrogen and oxygen atoms in total. The van der Waals surface area contributed by atoms with Crippen molar-refractivity contribution >= 4 is 5.91 Å². The molecular weight excluding hydrogens is 118 g/mol. The van der Waals surface area contributed by atoms with Gasteiger partial charge in [-0.1, -0.05) is 13.5 Å². The van der Waals surface area contributed by atoms with Crippen LogP contribution in [-0.4, -0.2) is 17.6 Å². The Kier molecular flexibility index (Phi) is 12.5. The minimum absolute atomic E-state index is 0.319. The zero-order chi connectivity index (χ0) is 7.70. The summed E-state index contributed by atoms with van der Waals surface area (Å²) in [5.41, 5.74) is 4.53. The van der Waals surface area contributed by atoms with E-state index >= 15 is 0 Å². The summed E-state index contributed by atoms with van der Waals surface area (Å²) in [6, 6.07) is 0. The number of carbonyl (C=O) groups excluding carboxylic acids is 1. The maximum absolute atomic E-state index is 9.47. The molecule has 0 bridgehead atoms. The summed E-state index contributed by atoms with van der Waals surface area (Å²) in [6.07, 6.45) is 1.93. The van der Waals surface area contributed by atoms with Gasteiger partial charge in [-0.25, -0.2) is 0 Å². The number of amides is 1. The largest absolute Gasteiger partial charge is 0.396 e. The standard InChI is InChI=1S/C3H5NO.C3H8O/c1-2-3(4)5;1-2-3-4/h2H,1H2,(H2,4,5);4H,2-3H2,1H3. The van der Waals surface area contributed by atoms with Crippen LogP contribution in [0.5, 0.6) is 0 Å². The molecule has 1 amide bonds. The van der Waals surface area contributed by atoms with Crippen LogP contribution in [0.2, 0.25) is 0 Å². The minimum Gasteiger partial charge on any atom is -0.396 e. The van der Waals surface area contributed by atoms with Gasteiger partial charge in [0, 0.05) is 6.61 Å². The van der Waals surface area contributed by atoms with Gasteiger partial charge in [0.25, 0.3) is 0 Å². The van der Waals surface area contributed by atoms with E-state index in [4.69, 9.17) is 5.11 Å². The summed E-state index contributed by atoms with van der Waals surface area (Å²) in [5.74, 6) is -0.481. The predicted octanol–water partition coefficient (Wildman–Crippen LogP) is 0.0464. The monoisotopic (exact) mass is 131 g/mol. The molecule has 0 aliphatic carbocycles. The van der Waals surface area contributed by atoms with Crippen LogP contribution in [0.15, 0.2) is 12.7 Å². The Morgan fingerprint density at radius 1 is 1.89 bits per heavy atom. The Balaban J connectivity index is 0. The number of aliphatic hydroxyl groups is 1.